The molecule has 0 aliphatic heterocycles. The highest BCUT2D eigenvalue weighted by Crippen LogP contribution is 2.15. The van der Waals surface area contributed by atoms with Crippen LogP contribution in [0.5, 0.6) is 0 Å². The van der Waals surface area contributed by atoms with Crippen molar-refractivity contribution < 1.29 is 9.84 Å². The van der Waals surface area contributed by atoms with E-state index >= 15 is 0 Å². The zero-order valence-corrected chi connectivity index (χ0v) is 12.9. The predicted molar refractivity (Wildman–Crippen MR) is 79.4 cm³/mol. The molecule has 0 radical (unpaired) electrons. The molecule has 0 aliphatic rings. The second-order valence-electron chi connectivity index (χ2n) is 5.95. The standard InChI is InChI=1S/C16H27NO2/c1-13-6-7-14(2)15(10-13)11-17(8-9-19-5)12-16(3,4)18/h6-7,10,18H,8-9,11-12H2,1-5H3. The van der Waals surface area contributed by atoms with Gasteiger partial charge in [-0.3, -0.25) is 4.90 Å². The van der Waals surface area contributed by atoms with Crippen LogP contribution in [0.25, 0.3) is 0 Å². The Morgan fingerprint density at radius 1 is 1.26 bits per heavy atom. The molecule has 19 heavy (non-hydrogen) atoms. The Morgan fingerprint density at radius 3 is 2.53 bits per heavy atom. The molecule has 1 rings (SSSR count). The third-order valence-electron chi connectivity index (χ3n) is 3.12. The molecule has 0 aromatic heterocycles. The zero-order chi connectivity index (χ0) is 14.5. The van der Waals surface area contributed by atoms with Gasteiger partial charge < -0.3 is 9.84 Å². The summed E-state index contributed by atoms with van der Waals surface area (Å²) in [5.41, 5.74) is 3.20. The van der Waals surface area contributed by atoms with Gasteiger partial charge in [0.25, 0.3) is 0 Å². The van der Waals surface area contributed by atoms with Gasteiger partial charge >= 0.3 is 0 Å². The molecule has 0 aliphatic carbocycles. The Morgan fingerprint density at radius 2 is 1.95 bits per heavy atom. The van der Waals surface area contributed by atoms with Gasteiger partial charge in [0.2, 0.25) is 0 Å². The van der Waals surface area contributed by atoms with Crippen LogP contribution in [-0.4, -0.2) is 42.4 Å². The number of nitrogens with zero attached hydrogens (tertiary/aromatic N) is 1. The van der Waals surface area contributed by atoms with Crippen molar-refractivity contribution in [2.75, 3.05) is 26.8 Å². The van der Waals surface area contributed by atoms with Crippen molar-refractivity contribution in [3.8, 4) is 0 Å². The van der Waals surface area contributed by atoms with E-state index in [0.717, 1.165) is 13.1 Å². The lowest BCUT2D eigenvalue weighted by molar-refractivity contribution is 0.0247. The minimum absolute atomic E-state index is 0.643. The lowest BCUT2D eigenvalue weighted by Gasteiger charge is -2.29. The average Bonchev–Trinajstić information content (AvgIpc) is 2.29. The topological polar surface area (TPSA) is 32.7 Å². The van der Waals surface area contributed by atoms with Gasteiger partial charge in [-0.1, -0.05) is 23.8 Å². The van der Waals surface area contributed by atoms with Gasteiger partial charge in [0.1, 0.15) is 0 Å². The number of hydrogen-bond donors (Lipinski definition) is 1. The van der Waals surface area contributed by atoms with E-state index in [1.165, 1.54) is 16.7 Å². The van der Waals surface area contributed by atoms with Crippen molar-refractivity contribution in [3.63, 3.8) is 0 Å². The van der Waals surface area contributed by atoms with Crippen LogP contribution in [0.2, 0.25) is 0 Å². The van der Waals surface area contributed by atoms with Crippen molar-refractivity contribution in [1.82, 2.24) is 4.90 Å². The summed E-state index contributed by atoms with van der Waals surface area (Å²) >= 11 is 0. The lowest BCUT2D eigenvalue weighted by Crippen LogP contribution is -2.40. The summed E-state index contributed by atoms with van der Waals surface area (Å²) in [6, 6.07) is 6.51. The first-order valence-corrected chi connectivity index (χ1v) is 6.81. The van der Waals surface area contributed by atoms with Crippen molar-refractivity contribution in [1.29, 1.82) is 0 Å². The number of aliphatic hydroxyl groups is 1. The Labute approximate surface area is 117 Å². The van der Waals surface area contributed by atoms with Gasteiger partial charge in [-0.15, -0.1) is 0 Å². The Kier molecular flexibility index (Phi) is 5.98. The molecule has 3 nitrogen and oxygen atoms in total. The monoisotopic (exact) mass is 265 g/mol. The quantitative estimate of drug-likeness (QED) is 0.822. The summed E-state index contributed by atoms with van der Waals surface area (Å²) in [6.07, 6.45) is 0. The second-order valence-corrected chi connectivity index (χ2v) is 5.95. The third kappa shape index (κ3) is 6.19. The number of aryl methyl sites for hydroxylation is 2. The van der Waals surface area contributed by atoms with Gasteiger partial charge in [-0.05, 0) is 38.8 Å². The summed E-state index contributed by atoms with van der Waals surface area (Å²) in [4.78, 5) is 2.24. The maximum atomic E-state index is 10.0. The largest absolute Gasteiger partial charge is 0.389 e. The van der Waals surface area contributed by atoms with E-state index < -0.39 is 5.60 Å². The highest BCUT2D eigenvalue weighted by atomic mass is 16.5. The molecule has 1 aromatic rings. The van der Waals surface area contributed by atoms with Crippen LogP contribution >= 0.6 is 0 Å². The summed E-state index contributed by atoms with van der Waals surface area (Å²) in [5.74, 6) is 0. The van der Waals surface area contributed by atoms with Gasteiger partial charge in [0, 0.05) is 26.7 Å². The molecule has 0 amide bonds. The van der Waals surface area contributed by atoms with E-state index in [-0.39, 0.29) is 0 Å². The Balaban J connectivity index is 2.78. The molecule has 0 heterocycles. The van der Waals surface area contributed by atoms with Crippen molar-refractivity contribution in [2.45, 2.75) is 39.8 Å². The number of benzene rings is 1. The number of ether oxygens (including phenoxy) is 1. The first kappa shape index (κ1) is 16.2. The minimum atomic E-state index is -0.689. The van der Waals surface area contributed by atoms with E-state index in [4.69, 9.17) is 4.74 Å². The Bertz CT molecular complexity index is 396. The van der Waals surface area contributed by atoms with Crippen molar-refractivity contribution in [3.05, 3.63) is 34.9 Å². The number of hydrogen-bond acceptors (Lipinski definition) is 3. The highest BCUT2D eigenvalue weighted by Gasteiger charge is 2.18. The zero-order valence-electron chi connectivity index (χ0n) is 12.9. The van der Waals surface area contributed by atoms with E-state index in [1.807, 2.05) is 13.8 Å². The average molecular weight is 265 g/mol. The van der Waals surface area contributed by atoms with Crippen LogP contribution in [-0.2, 0) is 11.3 Å². The highest BCUT2D eigenvalue weighted by molar-refractivity contribution is 5.30. The summed E-state index contributed by atoms with van der Waals surface area (Å²) in [6.45, 7) is 10.9. The van der Waals surface area contributed by atoms with E-state index in [1.54, 1.807) is 7.11 Å². The van der Waals surface area contributed by atoms with Crippen LogP contribution in [0.4, 0.5) is 0 Å². The smallest absolute Gasteiger partial charge is 0.0718 e. The molecule has 0 unspecified atom stereocenters. The van der Waals surface area contributed by atoms with Gasteiger partial charge in [0.15, 0.2) is 0 Å². The summed E-state index contributed by atoms with van der Waals surface area (Å²) in [7, 11) is 1.71. The number of rotatable bonds is 7. The first-order valence-electron chi connectivity index (χ1n) is 6.81. The summed E-state index contributed by atoms with van der Waals surface area (Å²) < 4.78 is 5.16. The molecule has 0 saturated carbocycles. The molecule has 0 bridgehead atoms. The molecule has 0 spiro atoms. The molecule has 0 atom stereocenters. The summed E-state index contributed by atoms with van der Waals surface area (Å²) in [5, 5.41) is 10.0. The lowest BCUT2D eigenvalue weighted by atomic mass is 10.0. The Hall–Kier alpha value is -0.900. The molecular weight excluding hydrogens is 238 g/mol. The maximum Gasteiger partial charge on any atom is 0.0718 e. The SMILES string of the molecule is COCCN(Cc1cc(C)ccc1C)CC(C)(C)O. The molecule has 1 N–H and O–H groups in total. The molecule has 108 valence electrons. The second kappa shape index (κ2) is 7.04. The molecule has 0 saturated heterocycles. The molecule has 3 heteroatoms. The van der Waals surface area contributed by atoms with Crippen molar-refractivity contribution in [2.24, 2.45) is 0 Å². The van der Waals surface area contributed by atoms with Gasteiger partial charge in [-0.25, -0.2) is 0 Å². The van der Waals surface area contributed by atoms with Gasteiger partial charge in [-0.2, -0.15) is 0 Å². The van der Waals surface area contributed by atoms with E-state index in [2.05, 4.69) is 36.9 Å². The fourth-order valence-electron chi connectivity index (χ4n) is 2.19. The van der Waals surface area contributed by atoms with Crippen LogP contribution in [0, 0.1) is 13.8 Å². The fraction of sp³-hybridized carbons (Fsp3) is 0.625. The van der Waals surface area contributed by atoms with Crippen LogP contribution in [0.3, 0.4) is 0 Å². The van der Waals surface area contributed by atoms with Crippen molar-refractivity contribution >= 4 is 0 Å². The van der Waals surface area contributed by atoms with Crippen LogP contribution in [0.15, 0.2) is 18.2 Å². The molecular formula is C16H27NO2. The predicted octanol–water partition coefficient (Wildman–Crippen LogP) is 2.52. The maximum absolute atomic E-state index is 10.0. The van der Waals surface area contributed by atoms with E-state index in [9.17, 15) is 5.11 Å². The minimum Gasteiger partial charge on any atom is -0.389 e. The third-order valence-corrected chi connectivity index (χ3v) is 3.12. The number of methoxy groups -OCH3 is 1. The first-order chi connectivity index (χ1) is 8.81. The van der Waals surface area contributed by atoms with Crippen LogP contribution in [0.1, 0.15) is 30.5 Å². The van der Waals surface area contributed by atoms with E-state index in [0.29, 0.717) is 13.2 Å². The molecule has 0 fully saturated rings. The van der Waals surface area contributed by atoms with Gasteiger partial charge in [0.05, 0.1) is 12.2 Å². The normalized spacial score (nSPS) is 12.2. The van der Waals surface area contributed by atoms with Crippen LogP contribution < -0.4 is 0 Å². The molecule has 1 aromatic carbocycles. The fourth-order valence-corrected chi connectivity index (χ4v) is 2.19.